The Morgan fingerprint density at radius 2 is 1.96 bits per heavy atom. The van der Waals surface area contributed by atoms with Crippen molar-refractivity contribution in [2.75, 3.05) is 5.32 Å². The lowest BCUT2D eigenvalue weighted by molar-refractivity contribution is 0.459. The number of benzene rings is 2. The molecule has 0 aliphatic rings. The van der Waals surface area contributed by atoms with Crippen LogP contribution in [0.3, 0.4) is 0 Å². The minimum atomic E-state index is -3.96. The van der Waals surface area contributed by atoms with Crippen molar-refractivity contribution in [3.63, 3.8) is 0 Å². The highest BCUT2D eigenvalue weighted by molar-refractivity contribution is 7.89. The van der Waals surface area contributed by atoms with Crippen LogP contribution in [0.15, 0.2) is 57.6 Å². The number of nitrogens with zero attached hydrogens (tertiary/aromatic N) is 2. The molecule has 1 aromatic heterocycles. The number of anilines is 1. The number of rotatable bonds is 3. The fourth-order valence-corrected chi connectivity index (χ4v) is 3.15. The summed E-state index contributed by atoms with van der Waals surface area (Å²) in [7, 11) is -3.96. The number of nitrogens with one attached hydrogen (secondary N) is 2. The van der Waals surface area contributed by atoms with Crippen LogP contribution in [-0.4, -0.2) is 23.6 Å². The number of H-pyrrole nitrogens is 1. The van der Waals surface area contributed by atoms with Gasteiger partial charge in [-0.2, -0.15) is 0 Å². The van der Waals surface area contributed by atoms with E-state index in [0.29, 0.717) is 5.39 Å². The van der Waals surface area contributed by atoms with Crippen LogP contribution in [0.4, 0.5) is 15.8 Å². The van der Waals surface area contributed by atoms with Crippen molar-refractivity contribution in [1.29, 1.82) is 0 Å². The maximum Gasteiger partial charge on any atom is 0.240 e. The monoisotopic (exact) mass is 393 g/mol. The first-order valence-electron chi connectivity index (χ1n) is 7.11. The van der Waals surface area contributed by atoms with Gasteiger partial charge in [0.1, 0.15) is 10.7 Å². The van der Waals surface area contributed by atoms with Crippen molar-refractivity contribution in [2.24, 2.45) is 15.4 Å². The van der Waals surface area contributed by atoms with Gasteiger partial charge in [0, 0.05) is 5.39 Å². The highest BCUT2D eigenvalue weighted by Crippen LogP contribution is 2.36. The first kappa shape index (κ1) is 17.9. The summed E-state index contributed by atoms with van der Waals surface area (Å²) in [5, 5.41) is 25.3. The lowest BCUT2D eigenvalue weighted by Gasteiger charge is -2.08. The van der Waals surface area contributed by atoms with E-state index in [9.17, 15) is 17.9 Å². The van der Waals surface area contributed by atoms with E-state index in [4.69, 9.17) is 17.4 Å². The molecule has 26 heavy (non-hydrogen) atoms. The van der Waals surface area contributed by atoms with E-state index in [0.717, 1.165) is 0 Å². The molecule has 0 fully saturated rings. The summed E-state index contributed by atoms with van der Waals surface area (Å²) < 4.78 is 36.8. The minimum absolute atomic E-state index is 0.00313. The molecule has 0 saturated carbocycles. The second kappa shape index (κ2) is 6.78. The van der Waals surface area contributed by atoms with Crippen molar-refractivity contribution in [3.8, 4) is 5.88 Å². The first-order valence-corrected chi connectivity index (χ1v) is 9.06. The molecule has 3 aromatic rings. The summed E-state index contributed by atoms with van der Waals surface area (Å²) in [6.07, 6.45) is 0. The number of aromatic nitrogens is 1. The summed E-state index contributed by atoms with van der Waals surface area (Å²) in [6, 6.07) is 10.1. The predicted molar refractivity (Wildman–Crippen MR) is 98.5 cm³/mol. The van der Waals surface area contributed by atoms with E-state index in [1.165, 1.54) is 30.3 Å². The number of para-hydroxylation sites is 2. The number of nitrogens with two attached hydrogens (primary N) is 1. The van der Waals surface area contributed by atoms with Crippen LogP contribution in [0.5, 0.6) is 5.88 Å². The number of aromatic amines is 1. The van der Waals surface area contributed by atoms with Crippen LogP contribution in [0.1, 0.15) is 0 Å². The number of aromatic hydroxyl groups is 1. The lowest BCUT2D eigenvalue weighted by atomic mass is 10.2. The van der Waals surface area contributed by atoms with E-state index >= 15 is 0 Å². The topological polar surface area (TPSA) is 133 Å². The molecule has 134 valence electrons. The summed E-state index contributed by atoms with van der Waals surface area (Å²) in [5.41, 5.74) is 0.217. The molecule has 0 radical (unpaired) electrons. The van der Waals surface area contributed by atoms with Gasteiger partial charge < -0.3 is 15.4 Å². The number of halogens is 1. The molecule has 11 heteroatoms. The molecule has 0 aliphatic heterocycles. The molecule has 5 N–H and O–H groups in total. The van der Waals surface area contributed by atoms with Crippen molar-refractivity contribution in [1.82, 2.24) is 4.98 Å². The van der Waals surface area contributed by atoms with Crippen molar-refractivity contribution >= 4 is 49.6 Å². The summed E-state index contributed by atoms with van der Waals surface area (Å²) in [5.74, 6) is -0.927. The van der Waals surface area contributed by atoms with Gasteiger partial charge in [-0.3, -0.25) is 0 Å². The number of primary sulfonamides is 1. The SMILES string of the molecule is NS(=O)(=O)c1ccccc1NC(=S)N=Nc1c(O)[nH]c2c(F)cccc12. The summed E-state index contributed by atoms with van der Waals surface area (Å²) in [4.78, 5) is 2.31. The minimum Gasteiger partial charge on any atom is -0.493 e. The van der Waals surface area contributed by atoms with Crippen LogP contribution in [0.2, 0.25) is 0 Å². The largest absolute Gasteiger partial charge is 0.493 e. The molecular weight excluding hydrogens is 381 g/mol. The van der Waals surface area contributed by atoms with Crippen molar-refractivity contribution < 1.29 is 17.9 Å². The van der Waals surface area contributed by atoms with Crippen LogP contribution < -0.4 is 10.5 Å². The van der Waals surface area contributed by atoms with Gasteiger partial charge in [-0.15, -0.1) is 10.2 Å². The Balaban J connectivity index is 1.89. The van der Waals surface area contributed by atoms with Gasteiger partial charge in [0.25, 0.3) is 0 Å². The molecule has 8 nitrogen and oxygen atoms in total. The Bertz CT molecular complexity index is 1140. The second-order valence-corrected chi connectivity index (χ2v) is 7.07. The average molecular weight is 393 g/mol. The third-order valence-electron chi connectivity index (χ3n) is 3.41. The first-order chi connectivity index (χ1) is 12.3. The van der Waals surface area contributed by atoms with Gasteiger partial charge in [-0.25, -0.2) is 17.9 Å². The smallest absolute Gasteiger partial charge is 0.240 e. The lowest BCUT2D eigenvalue weighted by Crippen LogP contribution is -2.16. The zero-order chi connectivity index (χ0) is 18.9. The molecule has 2 aromatic carbocycles. The fourth-order valence-electron chi connectivity index (χ4n) is 2.31. The average Bonchev–Trinajstić information content (AvgIpc) is 2.89. The molecule has 0 aliphatic carbocycles. The van der Waals surface area contributed by atoms with Crippen LogP contribution >= 0.6 is 12.2 Å². The summed E-state index contributed by atoms with van der Waals surface area (Å²) >= 11 is 5.01. The molecule has 1 heterocycles. The van der Waals surface area contributed by atoms with E-state index in [1.807, 2.05) is 0 Å². The second-order valence-electron chi connectivity index (χ2n) is 5.16. The Labute approximate surface area is 152 Å². The van der Waals surface area contributed by atoms with Gasteiger partial charge in [0.2, 0.25) is 21.0 Å². The maximum absolute atomic E-state index is 13.7. The number of azo groups is 1. The number of sulfonamides is 1. The Hall–Kier alpha value is -2.89. The van der Waals surface area contributed by atoms with Crippen molar-refractivity contribution in [2.45, 2.75) is 4.90 Å². The van der Waals surface area contributed by atoms with E-state index in [1.54, 1.807) is 12.1 Å². The Morgan fingerprint density at radius 1 is 1.23 bits per heavy atom. The molecule has 0 spiro atoms. The van der Waals surface area contributed by atoms with Crippen LogP contribution in [0, 0.1) is 5.82 Å². The van der Waals surface area contributed by atoms with Crippen molar-refractivity contribution in [3.05, 3.63) is 48.3 Å². The third-order valence-corrected chi connectivity index (χ3v) is 4.57. The van der Waals surface area contributed by atoms with E-state index in [2.05, 4.69) is 20.5 Å². The zero-order valence-electron chi connectivity index (χ0n) is 13.0. The molecule has 0 atom stereocenters. The summed E-state index contributed by atoms with van der Waals surface area (Å²) in [6.45, 7) is 0. The normalized spacial score (nSPS) is 11.9. The molecule has 0 unspecified atom stereocenters. The van der Waals surface area contributed by atoms with Crippen LogP contribution in [0.25, 0.3) is 10.9 Å². The van der Waals surface area contributed by atoms with Crippen LogP contribution in [-0.2, 0) is 10.0 Å². The Kier molecular flexibility index (Phi) is 4.68. The van der Waals surface area contributed by atoms with Gasteiger partial charge in [-0.1, -0.05) is 24.3 Å². The molecular formula is C15H12FN5O3S2. The maximum atomic E-state index is 13.7. The van der Waals surface area contributed by atoms with Gasteiger partial charge in [0.15, 0.2) is 5.69 Å². The number of fused-ring (bicyclic) bond motifs is 1. The molecule has 0 amide bonds. The number of hydrogen-bond donors (Lipinski definition) is 4. The van der Waals surface area contributed by atoms with Gasteiger partial charge in [0.05, 0.1) is 11.2 Å². The number of thiocarbonyl (C=S) groups is 1. The van der Waals surface area contributed by atoms with E-state index < -0.39 is 15.8 Å². The van der Waals surface area contributed by atoms with Gasteiger partial charge in [-0.05, 0) is 30.4 Å². The molecule has 0 bridgehead atoms. The highest BCUT2D eigenvalue weighted by Gasteiger charge is 2.15. The quantitative estimate of drug-likeness (QED) is 0.401. The fraction of sp³-hybridized carbons (Fsp3) is 0. The van der Waals surface area contributed by atoms with Gasteiger partial charge >= 0.3 is 0 Å². The van der Waals surface area contributed by atoms with E-state index in [-0.39, 0.29) is 32.8 Å². The predicted octanol–water partition coefficient (Wildman–Crippen LogP) is 3.14. The molecule has 3 rings (SSSR count). The standard InChI is InChI=1S/C15H12FN5O3S2/c16-9-5-3-4-8-12(9)19-14(22)13(8)20-21-15(25)18-10-6-1-2-7-11(10)26(17,23)24/h1-7,19,22H,(H,18,25)(H2,17,23,24). The Morgan fingerprint density at radius 3 is 2.69 bits per heavy atom. The number of hydrogen-bond acceptors (Lipinski definition) is 5. The highest BCUT2D eigenvalue weighted by atomic mass is 32.2. The molecule has 0 saturated heterocycles. The third kappa shape index (κ3) is 3.54. The zero-order valence-corrected chi connectivity index (χ0v) is 14.6.